The molecule has 0 aliphatic carbocycles. The Morgan fingerprint density at radius 2 is 1.11 bits per heavy atom. The number of hydrogen-bond acceptors (Lipinski definition) is 4. The first-order valence-corrected chi connectivity index (χ1v) is 19.3. The van der Waals surface area contributed by atoms with Gasteiger partial charge in [0.05, 0.1) is 22.1 Å². The van der Waals surface area contributed by atoms with E-state index in [1.165, 1.54) is 21.8 Å². The zero-order valence-corrected chi connectivity index (χ0v) is 30.6. The lowest BCUT2D eigenvalue weighted by atomic mass is 9.97. The van der Waals surface area contributed by atoms with Crippen LogP contribution in [-0.4, -0.2) is 10.4 Å². The third kappa shape index (κ3) is 5.04. The molecule has 3 aromatic heterocycles. The van der Waals surface area contributed by atoms with Gasteiger partial charge in [-0.2, -0.15) is 0 Å². The van der Waals surface area contributed by atoms with Crippen molar-refractivity contribution in [2.75, 3.05) is 0 Å². The minimum absolute atomic E-state index is 0.317. The summed E-state index contributed by atoms with van der Waals surface area (Å²) in [5.74, 6) is 0.819. The molecule has 2 unspecified atom stereocenters. The first kappa shape index (κ1) is 31.9. The van der Waals surface area contributed by atoms with E-state index in [1.54, 1.807) is 0 Å². The van der Waals surface area contributed by atoms with Crippen LogP contribution in [0.4, 0.5) is 0 Å². The van der Waals surface area contributed by atoms with Crippen LogP contribution >= 0.6 is 0 Å². The van der Waals surface area contributed by atoms with Gasteiger partial charge in [0.25, 0.3) is 0 Å². The summed E-state index contributed by atoms with van der Waals surface area (Å²) in [4.78, 5) is 5.02. The van der Waals surface area contributed by atoms with Gasteiger partial charge in [-0.15, -0.1) is 0 Å². The molecule has 6 nitrogen and oxygen atoms in total. The first-order chi connectivity index (χ1) is 28.2. The smallest absolute Gasteiger partial charge is 0.137 e. The number of nitrogens with one attached hydrogen (secondary N) is 1. The Labute approximate surface area is 327 Å². The van der Waals surface area contributed by atoms with Gasteiger partial charge >= 0.3 is 0 Å². The molecule has 4 heterocycles. The van der Waals surface area contributed by atoms with Crippen LogP contribution in [0.2, 0.25) is 0 Å². The van der Waals surface area contributed by atoms with E-state index in [0.717, 1.165) is 83.2 Å². The summed E-state index contributed by atoms with van der Waals surface area (Å²) in [5.41, 5.74) is 12.0. The molecule has 0 radical (unpaired) electrons. The molecule has 8 aromatic carbocycles. The third-order valence-electron chi connectivity index (χ3n) is 11.4. The maximum absolute atomic E-state index is 6.66. The molecule has 11 aromatic rings. The molecule has 0 saturated heterocycles. The molecule has 6 heteroatoms. The van der Waals surface area contributed by atoms with E-state index in [0.29, 0.717) is 0 Å². The number of aliphatic imine (C=N–C) groups is 1. The van der Waals surface area contributed by atoms with Crippen LogP contribution < -0.4 is 5.32 Å². The van der Waals surface area contributed by atoms with E-state index in [-0.39, 0.29) is 12.3 Å². The summed E-state index contributed by atoms with van der Waals surface area (Å²) in [7, 11) is 0. The highest BCUT2D eigenvalue weighted by molar-refractivity contribution is 6.16. The second-order valence-corrected chi connectivity index (χ2v) is 14.7. The molecular formula is C51H33N4O2-. The van der Waals surface area contributed by atoms with Gasteiger partial charge in [0, 0.05) is 32.5 Å². The molecule has 1 N–H and O–H groups in total. The summed E-state index contributed by atoms with van der Waals surface area (Å²) in [6.45, 7) is 0. The van der Waals surface area contributed by atoms with Gasteiger partial charge in [-0.1, -0.05) is 133 Å². The van der Waals surface area contributed by atoms with Gasteiger partial charge in [-0.25, -0.2) is 0 Å². The van der Waals surface area contributed by atoms with Crippen molar-refractivity contribution in [1.82, 2.24) is 9.88 Å². The summed E-state index contributed by atoms with van der Waals surface area (Å²) < 4.78 is 15.6. The van der Waals surface area contributed by atoms with Gasteiger partial charge in [-0.05, 0) is 83.1 Å². The summed E-state index contributed by atoms with van der Waals surface area (Å²) in [6, 6.07) is 63.4. The van der Waals surface area contributed by atoms with Crippen molar-refractivity contribution in [3.05, 3.63) is 204 Å². The number of hydrogen-bond donors (Lipinski definition) is 1. The first-order valence-electron chi connectivity index (χ1n) is 19.3. The molecule has 0 amide bonds. The standard InChI is InChI=1S/C51H33N4O2/c1-3-13-31(14-4-1)49-52-50(32-15-5-2-6-16-32)54-51(53-49)34-26-28-38-46(30-34)56-43-23-11-19-35(47(38)43)33-25-27-39-45(29-33)57-44-24-12-22-42(48(39)44)55-40-20-9-7-17-36(40)37-18-8-10-21-41(37)55/h1-30,49,51H,(H,52,54)/q-1. The molecule has 0 bridgehead atoms. The predicted octanol–water partition coefficient (Wildman–Crippen LogP) is 13.4. The lowest BCUT2D eigenvalue weighted by Gasteiger charge is -2.43. The molecule has 270 valence electrons. The van der Waals surface area contributed by atoms with Crippen molar-refractivity contribution in [3.63, 3.8) is 0 Å². The van der Waals surface area contributed by atoms with E-state index in [2.05, 4.69) is 149 Å². The highest BCUT2D eigenvalue weighted by Gasteiger charge is 2.21. The third-order valence-corrected chi connectivity index (χ3v) is 11.4. The molecule has 0 fully saturated rings. The molecule has 1 aliphatic rings. The fourth-order valence-corrected chi connectivity index (χ4v) is 8.81. The molecule has 0 saturated carbocycles. The maximum Gasteiger partial charge on any atom is 0.137 e. The zero-order chi connectivity index (χ0) is 37.5. The monoisotopic (exact) mass is 733 g/mol. The van der Waals surface area contributed by atoms with Crippen molar-refractivity contribution in [1.29, 1.82) is 0 Å². The number of para-hydroxylation sites is 2. The normalized spacial score (nSPS) is 15.9. The van der Waals surface area contributed by atoms with Crippen molar-refractivity contribution < 1.29 is 8.83 Å². The lowest BCUT2D eigenvalue weighted by Crippen LogP contribution is -2.33. The van der Waals surface area contributed by atoms with Gasteiger partial charge in [0.2, 0.25) is 0 Å². The number of rotatable bonds is 5. The fourth-order valence-electron chi connectivity index (χ4n) is 8.81. The Hall–Kier alpha value is -7.41. The Morgan fingerprint density at radius 1 is 0.474 bits per heavy atom. The van der Waals surface area contributed by atoms with E-state index < -0.39 is 0 Å². The minimum atomic E-state index is -0.336. The number of aromatic nitrogens is 1. The topological polar surface area (TPSA) is 69.7 Å². The van der Waals surface area contributed by atoms with Crippen LogP contribution in [0.15, 0.2) is 196 Å². The maximum atomic E-state index is 6.66. The quantitative estimate of drug-likeness (QED) is 0.191. The number of amidine groups is 1. The van der Waals surface area contributed by atoms with Gasteiger partial charge in [-0.3, -0.25) is 4.99 Å². The molecule has 12 rings (SSSR count). The molecule has 2 atom stereocenters. The van der Waals surface area contributed by atoms with Crippen LogP contribution in [0.5, 0.6) is 0 Å². The van der Waals surface area contributed by atoms with E-state index >= 15 is 0 Å². The van der Waals surface area contributed by atoms with Crippen LogP contribution in [0, 0.1) is 0 Å². The number of benzene rings is 8. The largest absolute Gasteiger partial charge is 0.613 e. The van der Waals surface area contributed by atoms with Gasteiger partial charge in [0.15, 0.2) is 0 Å². The summed E-state index contributed by atoms with van der Waals surface area (Å²) >= 11 is 0. The van der Waals surface area contributed by atoms with Gasteiger partial charge < -0.3 is 24.0 Å². The second kappa shape index (κ2) is 12.6. The number of nitrogens with zero attached hydrogens (tertiary/aromatic N) is 3. The summed E-state index contributed by atoms with van der Waals surface area (Å²) in [5, 5.41) is 15.6. The zero-order valence-electron chi connectivity index (χ0n) is 30.6. The van der Waals surface area contributed by atoms with E-state index in [4.69, 9.17) is 19.1 Å². The van der Waals surface area contributed by atoms with Crippen LogP contribution in [0.1, 0.15) is 29.0 Å². The second-order valence-electron chi connectivity index (χ2n) is 14.7. The Morgan fingerprint density at radius 3 is 1.88 bits per heavy atom. The Balaban J connectivity index is 0.953. The molecule has 57 heavy (non-hydrogen) atoms. The predicted molar refractivity (Wildman–Crippen MR) is 232 cm³/mol. The average Bonchev–Trinajstić information content (AvgIpc) is 3.96. The van der Waals surface area contributed by atoms with Gasteiger partial charge in [0.1, 0.15) is 28.2 Å². The minimum Gasteiger partial charge on any atom is -0.613 e. The summed E-state index contributed by atoms with van der Waals surface area (Å²) in [6.07, 6.45) is -0.653. The Kier molecular flexibility index (Phi) is 7.03. The highest BCUT2D eigenvalue weighted by atomic mass is 16.3. The highest BCUT2D eigenvalue weighted by Crippen LogP contribution is 2.43. The SMILES string of the molecule is c1ccc(C2=NC(c3ccccc3)[N-]C(c3ccc4c(c3)oc3cccc(-c5ccc6c(c5)oc5cccc(-n7c8ccccc8c8ccccc87)c56)c34)N2)cc1. The Bertz CT molecular complexity index is 3320. The number of fused-ring (bicyclic) bond motifs is 9. The van der Waals surface area contributed by atoms with Crippen molar-refractivity contribution in [2.24, 2.45) is 4.99 Å². The fraction of sp³-hybridized carbons (Fsp3) is 0.0392. The van der Waals surface area contributed by atoms with Crippen molar-refractivity contribution in [2.45, 2.75) is 12.3 Å². The van der Waals surface area contributed by atoms with E-state index in [1.807, 2.05) is 42.5 Å². The van der Waals surface area contributed by atoms with Crippen LogP contribution in [-0.2, 0) is 0 Å². The average molecular weight is 734 g/mol. The number of furan rings is 2. The molecule has 1 aliphatic heterocycles. The van der Waals surface area contributed by atoms with Crippen LogP contribution in [0.3, 0.4) is 0 Å². The van der Waals surface area contributed by atoms with E-state index in [9.17, 15) is 0 Å². The van der Waals surface area contributed by atoms with Crippen molar-refractivity contribution in [3.8, 4) is 16.8 Å². The molecular weight excluding hydrogens is 701 g/mol. The lowest BCUT2D eigenvalue weighted by molar-refractivity contribution is 0.627. The molecule has 0 spiro atoms. The van der Waals surface area contributed by atoms with Crippen molar-refractivity contribution >= 4 is 71.5 Å². The van der Waals surface area contributed by atoms with Crippen LogP contribution in [0.25, 0.3) is 87.8 Å².